The molecule has 1 amide bonds. The molecule has 3 aromatic heterocycles. The third-order valence-corrected chi connectivity index (χ3v) is 5.78. The van der Waals surface area contributed by atoms with Gasteiger partial charge in [0.1, 0.15) is 11.6 Å². The maximum absolute atomic E-state index is 12.4. The molecule has 3 aromatic rings. The van der Waals surface area contributed by atoms with Crippen LogP contribution in [0.4, 0.5) is 5.82 Å². The van der Waals surface area contributed by atoms with Crippen molar-refractivity contribution in [2.45, 2.75) is 12.8 Å². The van der Waals surface area contributed by atoms with Gasteiger partial charge in [0, 0.05) is 9.75 Å². The first-order valence-corrected chi connectivity index (χ1v) is 9.06. The lowest BCUT2D eigenvalue weighted by molar-refractivity contribution is 0.103. The van der Waals surface area contributed by atoms with E-state index in [1.807, 2.05) is 29.6 Å². The van der Waals surface area contributed by atoms with Gasteiger partial charge in [-0.05, 0) is 48.1 Å². The van der Waals surface area contributed by atoms with Gasteiger partial charge >= 0.3 is 0 Å². The molecule has 0 saturated heterocycles. The van der Waals surface area contributed by atoms with Crippen molar-refractivity contribution in [3.05, 3.63) is 52.3 Å². The highest BCUT2D eigenvalue weighted by Crippen LogP contribution is 2.32. The number of pyridine rings is 1. The maximum Gasteiger partial charge on any atom is 0.266 e. The van der Waals surface area contributed by atoms with Crippen molar-refractivity contribution in [1.82, 2.24) is 4.98 Å². The van der Waals surface area contributed by atoms with Crippen LogP contribution in [0.25, 0.3) is 9.75 Å². The van der Waals surface area contributed by atoms with Crippen LogP contribution in [0, 0.1) is 0 Å². The number of rotatable bonds is 3. The standard InChI is InChI=1S/C17H14N2O2S2/c20-17(15-6-5-14(23-15)13-4-2-8-22-13)19-16-9-11-3-1-7-21-12(11)10-18-16/h2,4-6,8-10H,1,3,7H2,(H,18,19,20). The lowest BCUT2D eigenvalue weighted by Crippen LogP contribution is -2.13. The minimum atomic E-state index is -0.123. The predicted octanol–water partition coefficient (Wildman–Crippen LogP) is 4.45. The Balaban J connectivity index is 1.52. The molecule has 4 rings (SSSR count). The second-order valence-corrected chi connectivity index (χ2v) is 7.26. The second-order valence-electron chi connectivity index (χ2n) is 5.22. The number of anilines is 1. The quantitative estimate of drug-likeness (QED) is 0.765. The van der Waals surface area contributed by atoms with E-state index in [1.165, 1.54) is 16.2 Å². The van der Waals surface area contributed by atoms with Crippen LogP contribution in [0.2, 0.25) is 0 Å². The van der Waals surface area contributed by atoms with E-state index in [1.54, 1.807) is 17.5 Å². The summed E-state index contributed by atoms with van der Waals surface area (Å²) >= 11 is 3.17. The van der Waals surface area contributed by atoms with Gasteiger partial charge in [-0.3, -0.25) is 4.79 Å². The topological polar surface area (TPSA) is 51.2 Å². The molecule has 0 aliphatic carbocycles. The van der Waals surface area contributed by atoms with Crippen LogP contribution in [-0.2, 0) is 6.42 Å². The molecule has 1 aliphatic rings. The smallest absolute Gasteiger partial charge is 0.266 e. The summed E-state index contributed by atoms with van der Waals surface area (Å²) in [5, 5.41) is 4.91. The monoisotopic (exact) mass is 342 g/mol. The first-order chi connectivity index (χ1) is 11.3. The summed E-state index contributed by atoms with van der Waals surface area (Å²) in [6.07, 6.45) is 3.65. The molecule has 0 radical (unpaired) electrons. The number of fused-ring (bicyclic) bond motifs is 1. The third-order valence-electron chi connectivity index (χ3n) is 3.63. The van der Waals surface area contributed by atoms with E-state index in [0.717, 1.165) is 35.6 Å². The van der Waals surface area contributed by atoms with Crippen molar-refractivity contribution in [2.75, 3.05) is 11.9 Å². The molecule has 0 saturated carbocycles. The van der Waals surface area contributed by atoms with E-state index in [4.69, 9.17) is 4.74 Å². The van der Waals surface area contributed by atoms with Gasteiger partial charge in [0.25, 0.3) is 5.91 Å². The largest absolute Gasteiger partial charge is 0.492 e. The fourth-order valence-corrected chi connectivity index (χ4v) is 4.25. The molecular formula is C17H14N2O2S2. The van der Waals surface area contributed by atoms with Crippen LogP contribution in [0.1, 0.15) is 21.7 Å². The van der Waals surface area contributed by atoms with Gasteiger partial charge in [-0.2, -0.15) is 0 Å². The number of carbonyl (C=O) groups excluding carboxylic acids is 1. The van der Waals surface area contributed by atoms with Crippen molar-refractivity contribution in [3.8, 4) is 15.5 Å². The van der Waals surface area contributed by atoms with Gasteiger partial charge in [0.15, 0.2) is 0 Å². The molecule has 1 aliphatic heterocycles. The summed E-state index contributed by atoms with van der Waals surface area (Å²) in [4.78, 5) is 19.6. The zero-order valence-corrected chi connectivity index (χ0v) is 13.9. The number of amides is 1. The Morgan fingerprint density at radius 1 is 1.26 bits per heavy atom. The third kappa shape index (κ3) is 3.00. The molecule has 116 valence electrons. The summed E-state index contributed by atoms with van der Waals surface area (Å²) < 4.78 is 5.54. The summed E-state index contributed by atoms with van der Waals surface area (Å²) in [5.41, 5.74) is 1.10. The Morgan fingerprint density at radius 2 is 2.22 bits per heavy atom. The zero-order chi connectivity index (χ0) is 15.6. The van der Waals surface area contributed by atoms with Gasteiger partial charge in [0.2, 0.25) is 0 Å². The molecule has 0 aromatic carbocycles. The van der Waals surface area contributed by atoms with Crippen LogP contribution < -0.4 is 10.1 Å². The fraction of sp³-hybridized carbons (Fsp3) is 0.176. The zero-order valence-electron chi connectivity index (χ0n) is 12.2. The molecule has 0 unspecified atom stereocenters. The summed E-state index contributed by atoms with van der Waals surface area (Å²) in [5.74, 6) is 1.28. The van der Waals surface area contributed by atoms with Crippen molar-refractivity contribution >= 4 is 34.4 Å². The van der Waals surface area contributed by atoms with Crippen LogP contribution in [0.5, 0.6) is 5.75 Å². The van der Waals surface area contributed by atoms with E-state index < -0.39 is 0 Å². The Hall–Kier alpha value is -2.18. The average Bonchev–Trinajstić information content (AvgIpc) is 3.26. The Morgan fingerprint density at radius 3 is 3.09 bits per heavy atom. The van der Waals surface area contributed by atoms with Crippen LogP contribution in [-0.4, -0.2) is 17.5 Å². The lowest BCUT2D eigenvalue weighted by atomic mass is 10.1. The predicted molar refractivity (Wildman–Crippen MR) is 93.6 cm³/mol. The minimum Gasteiger partial charge on any atom is -0.492 e. The normalized spacial score (nSPS) is 13.2. The highest BCUT2D eigenvalue weighted by molar-refractivity contribution is 7.22. The first-order valence-electron chi connectivity index (χ1n) is 7.36. The number of nitrogens with zero attached hydrogens (tertiary/aromatic N) is 1. The first kappa shape index (κ1) is 14.4. The highest BCUT2D eigenvalue weighted by atomic mass is 32.1. The maximum atomic E-state index is 12.4. The fourth-order valence-electron chi connectivity index (χ4n) is 2.51. The lowest BCUT2D eigenvalue weighted by Gasteiger charge is -2.17. The van der Waals surface area contributed by atoms with Gasteiger partial charge in [-0.25, -0.2) is 4.98 Å². The van der Waals surface area contributed by atoms with Crippen molar-refractivity contribution in [1.29, 1.82) is 0 Å². The Bertz CT molecular complexity index is 840. The number of thiophene rings is 2. The van der Waals surface area contributed by atoms with Crippen molar-refractivity contribution in [3.63, 3.8) is 0 Å². The summed E-state index contributed by atoms with van der Waals surface area (Å²) in [6.45, 7) is 0.737. The van der Waals surface area contributed by atoms with Crippen LogP contribution in [0.3, 0.4) is 0 Å². The number of hydrogen-bond donors (Lipinski definition) is 1. The van der Waals surface area contributed by atoms with Gasteiger partial charge < -0.3 is 10.1 Å². The van der Waals surface area contributed by atoms with Gasteiger partial charge in [-0.15, -0.1) is 22.7 Å². The molecule has 0 fully saturated rings. The Kier molecular flexibility index (Phi) is 3.85. The number of hydrogen-bond acceptors (Lipinski definition) is 5. The molecule has 23 heavy (non-hydrogen) atoms. The molecule has 0 atom stereocenters. The van der Waals surface area contributed by atoms with E-state index in [2.05, 4.69) is 16.4 Å². The summed E-state index contributed by atoms with van der Waals surface area (Å²) in [6, 6.07) is 9.82. The number of aryl methyl sites for hydroxylation is 1. The molecule has 4 heterocycles. The molecule has 1 N–H and O–H groups in total. The number of aromatic nitrogens is 1. The van der Waals surface area contributed by atoms with Gasteiger partial charge in [-0.1, -0.05) is 6.07 Å². The molecule has 0 spiro atoms. The molecule has 0 bridgehead atoms. The van der Waals surface area contributed by atoms with Crippen LogP contribution in [0.15, 0.2) is 41.9 Å². The number of nitrogens with one attached hydrogen (secondary N) is 1. The molecular weight excluding hydrogens is 328 g/mol. The van der Waals surface area contributed by atoms with Gasteiger partial charge in [0.05, 0.1) is 17.7 Å². The van der Waals surface area contributed by atoms with E-state index in [0.29, 0.717) is 10.7 Å². The SMILES string of the molecule is O=C(Nc1cc2c(cn1)OCCC2)c1ccc(-c2cccs2)s1. The highest BCUT2D eigenvalue weighted by Gasteiger charge is 2.15. The molecule has 6 heteroatoms. The van der Waals surface area contributed by atoms with E-state index >= 15 is 0 Å². The minimum absolute atomic E-state index is 0.123. The van der Waals surface area contributed by atoms with Crippen LogP contribution >= 0.6 is 22.7 Å². The van der Waals surface area contributed by atoms with E-state index in [-0.39, 0.29) is 5.91 Å². The van der Waals surface area contributed by atoms with Crippen molar-refractivity contribution in [2.24, 2.45) is 0 Å². The Labute approximate surface area is 141 Å². The van der Waals surface area contributed by atoms with E-state index in [9.17, 15) is 4.79 Å². The average molecular weight is 342 g/mol. The number of carbonyl (C=O) groups is 1. The summed E-state index contributed by atoms with van der Waals surface area (Å²) in [7, 11) is 0. The number of ether oxygens (including phenoxy) is 1. The molecule has 4 nitrogen and oxygen atoms in total. The second kappa shape index (κ2) is 6.14. The van der Waals surface area contributed by atoms with Crippen molar-refractivity contribution < 1.29 is 9.53 Å².